The van der Waals surface area contributed by atoms with Crippen molar-refractivity contribution in [3.8, 4) is 0 Å². The van der Waals surface area contributed by atoms with Crippen molar-refractivity contribution >= 4 is 34.9 Å². The summed E-state index contributed by atoms with van der Waals surface area (Å²) in [6, 6.07) is 9.64. The summed E-state index contributed by atoms with van der Waals surface area (Å²) in [4.78, 5) is 32.6. The van der Waals surface area contributed by atoms with Gasteiger partial charge in [0.15, 0.2) is 0 Å². The first-order chi connectivity index (χ1) is 16.2. The zero-order chi connectivity index (χ0) is 22.6. The fraction of sp³-hybridized carbons (Fsp3) is 0.400. The summed E-state index contributed by atoms with van der Waals surface area (Å²) >= 11 is 1.75. The molecule has 1 saturated heterocycles. The van der Waals surface area contributed by atoms with Crippen molar-refractivity contribution < 1.29 is 9.59 Å². The van der Waals surface area contributed by atoms with Gasteiger partial charge in [-0.15, -0.1) is 11.8 Å². The molecule has 0 atom stereocenters. The molecule has 2 amide bonds. The molecule has 2 aromatic heterocycles. The molecule has 5 rings (SSSR count). The van der Waals surface area contributed by atoms with Gasteiger partial charge in [0.2, 0.25) is 0 Å². The van der Waals surface area contributed by atoms with Crippen LogP contribution >= 0.6 is 11.8 Å². The summed E-state index contributed by atoms with van der Waals surface area (Å²) in [5.41, 5.74) is 3.41. The second-order valence-electron chi connectivity index (χ2n) is 8.77. The Bertz CT molecular complexity index is 1150. The highest BCUT2D eigenvalue weighted by Crippen LogP contribution is 2.34. The van der Waals surface area contributed by atoms with Crippen LogP contribution in [0.4, 0.5) is 5.69 Å². The van der Waals surface area contributed by atoms with Crippen LogP contribution in [-0.2, 0) is 0 Å². The van der Waals surface area contributed by atoms with Crippen LogP contribution in [0.5, 0.6) is 0 Å². The Morgan fingerprint density at radius 1 is 1.12 bits per heavy atom. The van der Waals surface area contributed by atoms with Gasteiger partial charge in [-0.1, -0.05) is 12.8 Å². The number of unbranched alkanes of at least 4 members (excludes halogenated alkanes) is 1. The number of hydrogen-bond acceptors (Lipinski definition) is 5. The van der Waals surface area contributed by atoms with E-state index in [0.29, 0.717) is 18.0 Å². The number of benzene rings is 1. The number of likely N-dealkylation sites (tertiary alicyclic amines) is 1. The lowest BCUT2D eigenvalue weighted by molar-refractivity contribution is 0.0685. The van der Waals surface area contributed by atoms with Gasteiger partial charge < -0.3 is 19.9 Å². The lowest BCUT2D eigenvalue weighted by Gasteiger charge is -2.32. The summed E-state index contributed by atoms with van der Waals surface area (Å²) in [6.45, 7) is 2.35. The van der Waals surface area contributed by atoms with E-state index in [2.05, 4.69) is 15.6 Å². The molecule has 3 aromatic rings. The Balaban J connectivity index is 1.00. The standard InChI is InChI=1S/C25H29N5O2S/c31-24(20-5-7-23-26-11-14-30(23)16-20)27-10-2-1-3-18-8-12-29(13-9-18)25(32)19-4-6-21-22(15-19)33-17-28-21/h4-7,11,14-16,18,28H,1-3,8-10,12-13,17H2,(H,27,31). The van der Waals surface area contributed by atoms with Crippen molar-refractivity contribution in [2.75, 3.05) is 30.8 Å². The molecular formula is C25H29N5O2S. The molecule has 2 aliphatic rings. The minimum absolute atomic E-state index is 0.0434. The Labute approximate surface area is 197 Å². The molecule has 7 nitrogen and oxygen atoms in total. The van der Waals surface area contributed by atoms with Gasteiger partial charge in [0.05, 0.1) is 11.4 Å². The molecule has 2 N–H and O–H groups in total. The molecule has 33 heavy (non-hydrogen) atoms. The first-order valence-corrected chi connectivity index (χ1v) is 12.7. The van der Waals surface area contributed by atoms with Crippen LogP contribution < -0.4 is 10.6 Å². The van der Waals surface area contributed by atoms with Gasteiger partial charge >= 0.3 is 0 Å². The van der Waals surface area contributed by atoms with Crippen molar-refractivity contribution in [3.05, 3.63) is 60.0 Å². The Kier molecular flexibility index (Phi) is 6.53. The quantitative estimate of drug-likeness (QED) is 0.512. The second-order valence-corrected chi connectivity index (χ2v) is 9.79. The smallest absolute Gasteiger partial charge is 0.253 e. The summed E-state index contributed by atoms with van der Waals surface area (Å²) in [7, 11) is 0. The summed E-state index contributed by atoms with van der Waals surface area (Å²) in [5.74, 6) is 1.65. The summed E-state index contributed by atoms with van der Waals surface area (Å²) in [6.07, 6.45) is 10.7. The highest BCUT2D eigenvalue weighted by molar-refractivity contribution is 7.99. The Morgan fingerprint density at radius 2 is 1.97 bits per heavy atom. The highest BCUT2D eigenvalue weighted by Gasteiger charge is 2.24. The number of aromatic nitrogens is 2. The number of carbonyl (C=O) groups is 2. The lowest BCUT2D eigenvalue weighted by Crippen LogP contribution is -2.38. The Hall–Kier alpha value is -3.00. The number of pyridine rings is 1. The number of amides is 2. The van der Waals surface area contributed by atoms with Gasteiger partial charge in [0.1, 0.15) is 5.65 Å². The SMILES string of the molecule is O=C(NCCCCC1CCN(C(=O)c2ccc3c(c2)SCN3)CC1)c1ccc2nccn2c1. The minimum atomic E-state index is -0.0434. The number of imidazole rings is 1. The van der Waals surface area contributed by atoms with Crippen LogP contribution in [0.15, 0.2) is 53.8 Å². The normalized spacial score (nSPS) is 15.9. The van der Waals surface area contributed by atoms with E-state index in [1.807, 2.05) is 52.0 Å². The molecule has 2 aliphatic heterocycles. The number of anilines is 1. The third-order valence-corrected chi connectivity index (χ3v) is 7.53. The monoisotopic (exact) mass is 463 g/mol. The highest BCUT2D eigenvalue weighted by atomic mass is 32.2. The molecule has 4 heterocycles. The van der Waals surface area contributed by atoms with Gasteiger partial charge in [0, 0.05) is 54.4 Å². The van der Waals surface area contributed by atoms with Gasteiger partial charge in [-0.2, -0.15) is 0 Å². The maximum absolute atomic E-state index is 12.9. The fourth-order valence-corrected chi connectivity index (χ4v) is 5.53. The van der Waals surface area contributed by atoms with Crippen molar-refractivity contribution in [2.45, 2.75) is 37.0 Å². The topological polar surface area (TPSA) is 78.7 Å². The van der Waals surface area contributed by atoms with E-state index in [0.717, 1.165) is 68.0 Å². The van der Waals surface area contributed by atoms with Gasteiger partial charge in [-0.25, -0.2) is 4.98 Å². The van der Waals surface area contributed by atoms with E-state index in [-0.39, 0.29) is 11.8 Å². The number of hydrogen-bond donors (Lipinski definition) is 2. The Morgan fingerprint density at radius 3 is 2.85 bits per heavy atom. The van der Waals surface area contributed by atoms with Crippen molar-refractivity contribution in [1.82, 2.24) is 19.6 Å². The average molecular weight is 464 g/mol. The molecule has 0 radical (unpaired) electrons. The van der Waals surface area contributed by atoms with E-state index in [1.165, 1.54) is 4.90 Å². The van der Waals surface area contributed by atoms with E-state index in [9.17, 15) is 9.59 Å². The largest absolute Gasteiger partial charge is 0.375 e. The van der Waals surface area contributed by atoms with Gasteiger partial charge in [-0.3, -0.25) is 9.59 Å². The number of fused-ring (bicyclic) bond motifs is 2. The fourth-order valence-electron chi connectivity index (χ4n) is 4.64. The van der Waals surface area contributed by atoms with E-state index >= 15 is 0 Å². The first-order valence-electron chi connectivity index (χ1n) is 11.7. The number of piperidine rings is 1. The van der Waals surface area contributed by atoms with Crippen molar-refractivity contribution in [1.29, 1.82) is 0 Å². The molecule has 0 aliphatic carbocycles. The number of thioether (sulfide) groups is 1. The van der Waals surface area contributed by atoms with E-state index in [1.54, 1.807) is 18.0 Å². The maximum Gasteiger partial charge on any atom is 0.253 e. The maximum atomic E-state index is 12.9. The van der Waals surface area contributed by atoms with E-state index in [4.69, 9.17) is 0 Å². The van der Waals surface area contributed by atoms with Crippen LogP contribution in [0, 0.1) is 5.92 Å². The molecule has 8 heteroatoms. The summed E-state index contributed by atoms with van der Waals surface area (Å²) in [5, 5.41) is 6.33. The molecule has 0 saturated carbocycles. The number of rotatable bonds is 7. The van der Waals surface area contributed by atoms with Crippen LogP contribution in [0.25, 0.3) is 5.65 Å². The first kappa shape index (κ1) is 21.8. The van der Waals surface area contributed by atoms with Crippen LogP contribution in [0.3, 0.4) is 0 Å². The summed E-state index contributed by atoms with van der Waals surface area (Å²) < 4.78 is 1.85. The van der Waals surface area contributed by atoms with Crippen LogP contribution in [0.2, 0.25) is 0 Å². The number of nitrogens with zero attached hydrogens (tertiary/aromatic N) is 3. The minimum Gasteiger partial charge on any atom is -0.375 e. The second kappa shape index (κ2) is 9.87. The molecular weight excluding hydrogens is 434 g/mol. The zero-order valence-electron chi connectivity index (χ0n) is 18.6. The zero-order valence-corrected chi connectivity index (χ0v) is 19.4. The van der Waals surface area contributed by atoms with E-state index < -0.39 is 0 Å². The van der Waals surface area contributed by atoms with Crippen LogP contribution in [0.1, 0.15) is 52.8 Å². The molecule has 172 valence electrons. The molecule has 1 aromatic carbocycles. The lowest BCUT2D eigenvalue weighted by atomic mass is 9.91. The third kappa shape index (κ3) is 5.00. The molecule has 1 fully saturated rings. The number of carbonyl (C=O) groups excluding carboxylic acids is 2. The average Bonchev–Trinajstić information content (AvgIpc) is 3.52. The molecule has 0 spiro atoms. The van der Waals surface area contributed by atoms with Crippen molar-refractivity contribution in [3.63, 3.8) is 0 Å². The number of nitrogens with one attached hydrogen (secondary N) is 2. The molecule has 0 bridgehead atoms. The van der Waals surface area contributed by atoms with Crippen molar-refractivity contribution in [2.24, 2.45) is 5.92 Å². The predicted molar refractivity (Wildman–Crippen MR) is 131 cm³/mol. The molecule has 0 unspecified atom stereocenters. The predicted octanol–water partition coefficient (Wildman–Crippen LogP) is 4.26. The van der Waals surface area contributed by atoms with Gasteiger partial charge in [-0.05, 0) is 55.5 Å². The third-order valence-electron chi connectivity index (χ3n) is 6.60. The van der Waals surface area contributed by atoms with Crippen LogP contribution in [-0.4, -0.2) is 51.6 Å². The van der Waals surface area contributed by atoms with Gasteiger partial charge in [0.25, 0.3) is 11.8 Å².